The van der Waals surface area contributed by atoms with Crippen LogP contribution in [0.1, 0.15) is 30.7 Å². The van der Waals surface area contributed by atoms with Gasteiger partial charge in [-0.3, -0.25) is 0 Å². The van der Waals surface area contributed by atoms with Gasteiger partial charge in [0.25, 0.3) is 6.01 Å². The highest BCUT2D eigenvalue weighted by Crippen LogP contribution is 2.23. The van der Waals surface area contributed by atoms with Crippen molar-refractivity contribution in [1.29, 1.82) is 0 Å². The Balaban J connectivity index is 1.94. The molecule has 3 N–H and O–H groups in total. The van der Waals surface area contributed by atoms with Crippen LogP contribution in [0, 0.1) is 0 Å². The summed E-state index contributed by atoms with van der Waals surface area (Å²) >= 11 is 0. The first kappa shape index (κ1) is 9.52. The van der Waals surface area contributed by atoms with Crippen molar-refractivity contribution in [3.05, 3.63) is 11.5 Å². The molecule has 0 radical (unpaired) electrons. The number of anilines is 1. The van der Waals surface area contributed by atoms with Crippen molar-refractivity contribution in [2.24, 2.45) is 5.73 Å². The molecule has 1 aliphatic rings. The molecule has 0 bridgehead atoms. The lowest BCUT2D eigenvalue weighted by atomic mass is 10.0. The van der Waals surface area contributed by atoms with Gasteiger partial charge in [-0.2, -0.15) is 4.98 Å². The van der Waals surface area contributed by atoms with E-state index < -0.39 is 0 Å². The van der Waals surface area contributed by atoms with E-state index in [1.807, 2.05) is 0 Å². The van der Waals surface area contributed by atoms with Crippen LogP contribution in [0.4, 0.5) is 6.01 Å². The Hall–Kier alpha value is -1.03. The minimum Gasteiger partial charge on any atom is -0.428 e. The minimum atomic E-state index is 0.672. The van der Waals surface area contributed by atoms with Crippen LogP contribution in [-0.4, -0.2) is 18.1 Å². The lowest BCUT2D eigenvalue weighted by Gasteiger charge is -2.05. The van der Waals surface area contributed by atoms with E-state index in [1.54, 1.807) is 0 Å². The van der Waals surface area contributed by atoms with Gasteiger partial charge in [0.15, 0.2) is 0 Å². The first-order valence-corrected chi connectivity index (χ1v) is 5.32. The van der Waals surface area contributed by atoms with Gasteiger partial charge in [-0.05, 0) is 32.2 Å². The third kappa shape index (κ3) is 2.07. The zero-order valence-corrected chi connectivity index (χ0v) is 8.38. The van der Waals surface area contributed by atoms with Gasteiger partial charge in [-0.1, -0.05) is 0 Å². The van der Waals surface area contributed by atoms with Crippen LogP contribution in [-0.2, 0) is 12.8 Å². The van der Waals surface area contributed by atoms with E-state index in [9.17, 15) is 0 Å². The second-order valence-corrected chi connectivity index (χ2v) is 3.67. The molecule has 0 atom stereocenters. The van der Waals surface area contributed by atoms with Gasteiger partial charge in [0.2, 0.25) is 0 Å². The van der Waals surface area contributed by atoms with Crippen LogP contribution < -0.4 is 11.1 Å². The number of nitrogens with two attached hydrogens (primary N) is 1. The number of aryl methyl sites for hydroxylation is 2. The topological polar surface area (TPSA) is 64.1 Å². The van der Waals surface area contributed by atoms with Gasteiger partial charge < -0.3 is 15.5 Å². The standard InChI is InChI=1S/C10H17N3O/c11-6-3-7-12-10-13-8-4-1-2-5-9(8)14-10/h1-7,11H2,(H,12,13). The summed E-state index contributed by atoms with van der Waals surface area (Å²) in [5.74, 6) is 1.08. The van der Waals surface area contributed by atoms with Crippen molar-refractivity contribution in [2.75, 3.05) is 18.4 Å². The predicted octanol–water partition coefficient (Wildman–Crippen LogP) is 1.31. The summed E-state index contributed by atoms with van der Waals surface area (Å²) in [6.07, 6.45) is 5.53. The highest BCUT2D eigenvalue weighted by atomic mass is 16.4. The number of fused-ring (bicyclic) bond motifs is 1. The fraction of sp³-hybridized carbons (Fsp3) is 0.700. The number of oxazole rings is 1. The summed E-state index contributed by atoms with van der Waals surface area (Å²) in [7, 11) is 0. The molecule has 1 heterocycles. The van der Waals surface area contributed by atoms with Crippen LogP contribution in [0.2, 0.25) is 0 Å². The summed E-state index contributed by atoms with van der Waals surface area (Å²) in [5, 5.41) is 3.14. The van der Waals surface area contributed by atoms with E-state index in [1.165, 1.54) is 12.8 Å². The van der Waals surface area contributed by atoms with Crippen molar-refractivity contribution in [3.8, 4) is 0 Å². The van der Waals surface area contributed by atoms with Gasteiger partial charge in [0.1, 0.15) is 5.76 Å². The quantitative estimate of drug-likeness (QED) is 0.711. The molecule has 1 aliphatic carbocycles. The zero-order chi connectivity index (χ0) is 9.80. The maximum Gasteiger partial charge on any atom is 0.295 e. The Labute approximate surface area is 83.9 Å². The van der Waals surface area contributed by atoms with Crippen LogP contribution in [0.15, 0.2) is 4.42 Å². The highest BCUT2D eigenvalue weighted by molar-refractivity contribution is 5.26. The third-order valence-electron chi connectivity index (χ3n) is 2.50. The van der Waals surface area contributed by atoms with Gasteiger partial charge in [0, 0.05) is 13.0 Å². The number of nitrogens with one attached hydrogen (secondary N) is 1. The minimum absolute atomic E-state index is 0.672. The molecule has 14 heavy (non-hydrogen) atoms. The Kier molecular flexibility index (Phi) is 3.03. The molecule has 1 aromatic heterocycles. The van der Waals surface area contributed by atoms with E-state index in [4.69, 9.17) is 10.2 Å². The number of nitrogens with zero attached hydrogens (tertiary/aromatic N) is 1. The van der Waals surface area contributed by atoms with Gasteiger partial charge >= 0.3 is 0 Å². The molecule has 0 amide bonds. The number of aromatic nitrogens is 1. The van der Waals surface area contributed by atoms with Crippen LogP contribution in [0.25, 0.3) is 0 Å². The average molecular weight is 195 g/mol. The molecule has 0 spiro atoms. The molecule has 0 unspecified atom stereocenters. The van der Waals surface area contributed by atoms with Crippen molar-refractivity contribution >= 4 is 6.01 Å². The van der Waals surface area contributed by atoms with Crippen LogP contribution >= 0.6 is 0 Å². The molecule has 0 aromatic carbocycles. The molecule has 2 rings (SSSR count). The largest absolute Gasteiger partial charge is 0.428 e. The van der Waals surface area contributed by atoms with E-state index in [0.29, 0.717) is 12.6 Å². The van der Waals surface area contributed by atoms with Crippen molar-refractivity contribution < 1.29 is 4.42 Å². The fourth-order valence-corrected chi connectivity index (χ4v) is 1.72. The van der Waals surface area contributed by atoms with Crippen molar-refractivity contribution in [3.63, 3.8) is 0 Å². The first-order valence-electron chi connectivity index (χ1n) is 5.32. The van der Waals surface area contributed by atoms with Crippen LogP contribution in [0.3, 0.4) is 0 Å². The van der Waals surface area contributed by atoms with Crippen molar-refractivity contribution in [2.45, 2.75) is 32.1 Å². The average Bonchev–Trinajstić information content (AvgIpc) is 2.60. The normalized spacial score (nSPS) is 15.2. The molecule has 0 saturated heterocycles. The molecule has 4 nitrogen and oxygen atoms in total. The van der Waals surface area contributed by atoms with Gasteiger partial charge in [-0.25, -0.2) is 0 Å². The van der Waals surface area contributed by atoms with E-state index in [-0.39, 0.29) is 0 Å². The maximum absolute atomic E-state index is 5.59. The summed E-state index contributed by atoms with van der Waals surface area (Å²) in [5.41, 5.74) is 6.54. The highest BCUT2D eigenvalue weighted by Gasteiger charge is 2.16. The Morgan fingerprint density at radius 1 is 1.36 bits per heavy atom. The van der Waals surface area contributed by atoms with E-state index in [0.717, 1.165) is 37.3 Å². The molecule has 4 heteroatoms. The Morgan fingerprint density at radius 3 is 3.00 bits per heavy atom. The second-order valence-electron chi connectivity index (χ2n) is 3.67. The smallest absolute Gasteiger partial charge is 0.295 e. The van der Waals surface area contributed by atoms with Gasteiger partial charge in [0.05, 0.1) is 5.69 Å². The maximum atomic E-state index is 5.59. The number of rotatable bonds is 4. The predicted molar refractivity (Wildman–Crippen MR) is 55.3 cm³/mol. The number of hydrogen-bond acceptors (Lipinski definition) is 4. The van der Waals surface area contributed by atoms with Gasteiger partial charge in [-0.15, -0.1) is 0 Å². The summed E-state index contributed by atoms with van der Waals surface area (Å²) in [6.45, 7) is 1.54. The summed E-state index contributed by atoms with van der Waals surface area (Å²) in [6, 6.07) is 0.672. The summed E-state index contributed by atoms with van der Waals surface area (Å²) in [4.78, 5) is 4.40. The van der Waals surface area contributed by atoms with E-state index >= 15 is 0 Å². The van der Waals surface area contributed by atoms with Crippen LogP contribution in [0.5, 0.6) is 0 Å². The zero-order valence-electron chi connectivity index (χ0n) is 8.38. The third-order valence-corrected chi connectivity index (χ3v) is 2.50. The molecule has 1 aromatic rings. The first-order chi connectivity index (χ1) is 6.90. The molecule has 78 valence electrons. The Morgan fingerprint density at radius 2 is 2.21 bits per heavy atom. The monoisotopic (exact) mass is 195 g/mol. The molecular weight excluding hydrogens is 178 g/mol. The lowest BCUT2D eigenvalue weighted by molar-refractivity contribution is 0.486. The second kappa shape index (κ2) is 4.46. The van der Waals surface area contributed by atoms with Crippen molar-refractivity contribution in [1.82, 2.24) is 4.98 Å². The molecule has 0 aliphatic heterocycles. The molecule has 0 fully saturated rings. The lowest BCUT2D eigenvalue weighted by Crippen LogP contribution is -2.08. The molecule has 0 saturated carbocycles. The van der Waals surface area contributed by atoms with E-state index in [2.05, 4.69) is 10.3 Å². The SMILES string of the molecule is NCCCNc1nc2c(o1)CCCC2. The Bertz CT molecular complexity index is 272. The summed E-state index contributed by atoms with van der Waals surface area (Å²) < 4.78 is 5.59. The number of hydrogen-bond donors (Lipinski definition) is 2. The fourth-order valence-electron chi connectivity index (χ4n) is 1.72. The molecular formula is C10H17N3O.